The molecule has 0 saturated carbocycles. The second kappa shape index (κ2) is 5.30. The van der Waals surface area contributed by atoms with Gasteiger partial charge in [0, 0.05) is 48.2 Å². The second-order valence-electron chi connectivity index (χ2n) is 6.10. The summed E-state index contributed by atoms with van der Waals surface area (Å²) in [4.78, 5) is 21.1. The molecule has 0 aromatic carbocycles. The maximum absolute atomic E-state index is 4.55. The summed E-state index contributed by atoms with van der Waals surface area (Å²) in [6.45, 7) is 6.32. The van der Waals surface area contributed by atoms with Crippen LogP contribution in [0.2, 0.25) is 0 Å². The van der Waals surface area contributed by atoms with Crippen LogP contribution in [0.3, 0.4) is 0 Å². The molecule has 0 aliphatic rings. The van der Waals surface area contributed by atoms with Crippen LogP contribution in [0.1, 0.15) is 25.7 Å². The van der Waals surface area contributed by atoms with Crippen molar-refractivity contribution in [1.29, 1.82) is 0 Å². The summed E-state index contributed by atoms with van der Waals surface area (Å²) >= 11 is 0. The maximum atomic E-state index is 4.55. The SMILES string of the molecule is CNc1ncc2c(-c3cnc4nc(C)n(C(C)C)c4c3)c[nH]c2n1. The van der Waals surface area contributed by atoms with Gasteiger partial charge < -0.3 is 14.9 Å². The van der Waals surface area contributed by atoms with Gasteiger partial charge in [-0.1, -0.05) is 0 Å². The number of hydrogen-bond acceptors (Lipinski definition) is 5. The van der Waals surface area contributed by atoms with E-state index in [4.69, 9.17) is 0 Å². The number of hydrogen-bond donors (Lipinski definition) is 2. The minimum Gasteiger partial charge on any atom is -0.357 e. The first-order chi connectivity index (χ1) is 11.6. The van der Waals surface area contributed by atoms with Gasteiger partial charge >= 0.3 is 0 Å². The van der Waals surface area contributed by atoms with Gasteiger partial charge in [-0.05, 0) is 26.8 Å². The Bertz CT molecular complexity index is 1040. The fourth-order valence-electron chi connectivity index (χ4n) is 3.16. The molecule has 0 saturated heterocycles. The van der Waals surface area contributed by atoms with E-state index in [9.17, 15) is 0 Å². The Hall–Kier alpha value is -2.96. The Balaban J connectivity index is 1.92. The van der Waals surface area contributed by atoms with Crippen LogP contribution < -0.4 is 5.32 Å². The van der Waals surface area contributed by atoms with E-state index in [0.29, 0.717) is 12.0 Å². The standard InChI is InChI=1S/C17H19N7/c1-9(2)24-10(3)22-16-14(24)5-11(6-19-16)12-7-20-15-13(12)8-21-17(18-4)23-15/h5-9H,1-4H3,(H2,18,20,21,23). The van der Waals surface area contributed by atoms with E-state index in [1.807, 2.05) is 25.5 Å². The van der Waals surface area contributed by atoms with Crippen molar-refractivity contribution >= 4 is 28.1 Å². The molecule has 24 heavy (non-hydrogen) atoms. The van der Waals surface area contributed by atoms with E-state index in [0.717, 1.165) is 39.1 Å². The average molecular weight is 321 g/mol. The lowest BCUT2D eigenvalue weighted by molar-refractivity contribution is 0.600. The minimum atomic E-state index is 0.330. The van der Waals surface area contributed by atoms with Crippen LogP contribution >= 0.6 is 0 Å². The number of imidazole rings is 1. The van der Waals surface area contributed by atoms with Gasteiger partial charge in [0.2, 0.25) is 5.95 Å². The van der Waals surface area contributed by atoms with Gasteiger partial charge in [0.15, 0.2) is 5.65 Å². The molecule has 0 bridgehead atoms. The van der Waals surface area contributed by atoms with Crippen molar-refractivity contribution in [2.75, 3.05) is 12.4 Å². The number of fused-ring (bicyclic) bond motifs is 2. The van der Waals surface area contributed by atoms with Gasteiger partial charge in [0.1, 0.15) is 11.5 Å². The predicted molar refractivity (Wildman–Crippen MR) is 95.1 cm³/mol. The lowest BCUT2D eigenvalue weighted by Gasteiger charge is -2.10. The van der Waals surface area contributed by atoms with Crippen molar-refractivity contribution in [3.63, 3.8) is 0 Å². The molecule has 0 atom stereocenters. The Kier molecular flexibility index (Phi) is 3.23. The number of nitrogens with one attached hydrogen (secondary N) is 2. The molecule has 7 heteroatoms. The van der Waals surface area contributed by atoms with Crippen LogP contribution in [0.15, 0.2) is 24.7 Å². The number of anilines is 1. The van der Waals surface area contributed by atoms with Gasteiger partial charge in [0.25, 0.3) is 0 Å². The Morgan fingerprint density at radius 2 is 2.00 bits per heavy atom. The lowest BCUT2D eigenvalue weighted by atomic mass is 10.1. The molecule has 0 spiro atoms. The molecule has 4 aromatic rings. The van der Waals surface area contributed by atoms with Crippen molar-refractivity contribution in [3.05, 3.63) is 30.5 Å². The van der Waals surface area contributed by atoms with E-state index in [-0.39, 0.29) is 0 Å². The van der Waals surface area contributed by atoms with Crippen LogP contribution in [-0.4, -0.2) is 36.5 Å². The topological polar surface area (TPSA) is 84.3 Å². The third kappa shape index (κ3) is 2.12. The van der Waals surface area contributed by atoms with Crippen molar-refractivity contribution in [2.45, 2.75) is 26.8 Å². The number of aryl methyl sites for hydroxylation is 1. The van der Waals surface area contributed by atoms with Crippen molar-refractivity contribution < 1.29 is 0 Å². The molecule has 0 aliphatic heterocycles. The number of H-pyrrole nitrogens is 1. The Labute approximate surface area is 139 Å². The van der Waals surface area contributed by atoms with Gasteiger partial charge in [-0.25, -0.2) is 15.0 Å². The van der Waals surface area contributed by atoms with Crippen LogP contribution in [0.4, 0.5) is 5.95 Å². The highest BCUT2D eigenvalue weighted by atomic mass is 15.1. The number of aromatic amines is 1. The first-order valence-electron chi connectivity index (χ1n) is 7.95. The summed E-state index contributed by atoms with van der Waals surface area (Å²) in [6.07, 6.45) is 5.63. The largest absolute Gasteiger partial charge is 0.357 e. The van der Waals surface area contributed by atoms with Crippen LogP contribution in [0, 0.1) is 6.92 Å². The normalized spacial score (nSPS) is 11.7. The van der Waals surface area contributed by atoms with Gasteiger partial charge in [-0.15, -0.1) is 0 Å². The Morgan fingerprint density at radius 1 is 1.17 bits per heavy atom. The highest BCUT2D eigenvalue weighted by Crippen LogP contribution is 2.30. The fourth-order valence-corrected chi connectivity index (χ4v) is 3.16. The van der Waals surface area contributed by atoms with Gasteiger partial charge in [0.05, 0.1) is 5.52 Å². The molecule has 4 aromatic heterocycles. The molecule has 0 amide bonds. The highest BCUT2D eigenvalue weighted by Gasteiger charge is 2.14. The number of rotatable bonds is 3. The molecule has 4 heterocycles. The van der Waals surface area contributed by atoms with E-state index in [1.54, 1.807) is 7.05 Å². The fraction of sp³-hybridized carbons (Fsp3) is 0.294. The molecule has 0 unspecified atom stereocenters. The maximum Gasteiger partial charge on any atom is 0.224 e. The number of nitrogens with zero attached hydrogens (tertiary/aromatic N) is 5. The molecule has 4 rings (SSSR count). The molecule has 2 N–H and O–H groups in total. The molecule has 0 aliphatic carbocycles. The quantitative estimate of drug-likeness (QED) is 0.605. The first-order valence-corrected chi connectivity index (χ1v) is 7.95. The molecule has 0 fully saturated rings. The molecule has 7 nitrogen and oxygen atoms in total. The summed E-state index contributed by atoms with van der Waals surface area (Å²) in [7, 11) is 1.80. The van der Waals surface area contributed by atoms with E-state index in [1.165, 1.54) is 0 Å². The lowest BCUT2D eigenvalue weighted by Crippen LogP contribution is -2.02. The number of aromatic nitrogens is 6. The zero-order valence-corrected chi connectivity index (χ0v) is 14.1. The summed E-state index contributed by atoms with van der Waals surface area (Å²) in [5.74, 6) is 1.57. The monoisotopic (exact) mass is 321 g/mol. The molecule has 0 radical (unpaired) electrons. The van der Waals surface area contributed by atoms with Crippen LogP contribution in [-0.2, 0) is 0 Å². The smallest absolute Gasteiger partial charge is 0.224 e. The predicted octanol–water partition coefficient (Wildman–Crippen LogP) is 3.30. The van der Waals surface area contributed by atoms with Crippen LogP contribution in [0.5, 0.6) is 0 Å². The summed E-state index contributed by atoms with van der Waals surface area (Å²) in [5, 5.41) is 3.92. The van der Waals surface area contributed by atoms with Gasteiger partial charge in [-0.2, -0.15) is 4.98 Å². The summed E-state index contributed by atoms with van der Waals surface area (Å²) < 4.78 is 2.20. The van der Waals surface area contributed by atoms with E-state index < -0.39 is 0 Å². The first kappa shape index (κ1) is 14.6. The number of pyridine rings is 1. The third-order valence-corrected chi connectivity index (χ3v) is 4.21. The van der Waals surface area contributed by atoms with Gasteiger partial charge in [-0.3, -0.25) is 0 Å². The third-order valence-electron chi connectivity index (χ3n) is 4.21. The summed E-state index contributed by atoms with van der Waals surface area (Å²) in [5.41, 5.74) is 4.69. The zero-order chi connectivity index (χ0) is 16.8. The Morgan fingerprint density at radius 3 is 2.75 bits per heavy atom. The van der Waals surface area contributed by atoms with Crippen molar-refractivity contribution in [1.82, 2.24) is 29.5 Å². The second-order valence-corrected chi connectivity index (χ2v) is 6.10. The summed E-state index contributed by atoms with van der Waals surface area (Å²) in [6, 6.07) is 2.47. The van der Waals surface area contributed by atoms with E-state index in [2.05, 4.69) is 54.7 Å². The highest BCUT2D eigenvalue weighted by molar-refractivity contribution is 5.95. The van der Waals surface area contributed by atoms with Crippen molar-refractivity contribution in [2.24, 2.45) is 0 Å². The molecular formula is C17H19N7. The average Bonchev–Trinajstić information content (AvgIpc) is 3.13. The van der Waals surface area contributed by atoms with E-state index >= 15 is 0 Å². The van der Waals surface area contributed by atoms with Crippen LogP contribution in [0.25, 0.3) is 33.3 Å². The van der Waals surface area contributed by atoms with Crippen molar-refractivity contribution in [3.8, 4) is 11.1 Å². The molecule has 122 valence electrons. The zero-order valence-electron chi connectivity index (χ0n) is 14.1. The molecular weight excluding hydrogens is 302 g/mol. The minimum absolute atomic E-state index is 0.330.